The van der Waals surface area contributed by atoms with Crippen molar-refractivity contribution in [1.82, 2.24) is 0 Å². The molecule has 0 saturated heterocycles. The van der Waals surface area contributed by atoms with Gasteiger partial charge in [-0.15, -0.1) is 0 Å². The second kappa shape index (κ2) is 4.55. The van der Waals surface area contributed by atoms with Crippen LogP contribution in [0.15, 0.2) is 18.2 Å². The number of hydrogen-bond donors (Lipinski definition) is 1. The van der Waals surface area contributed by atoms with Gasteiger partial charge in [0.25, 0.3) is 0 Å². The van der Waals surface area contributed by atoms with Gasteiger partial charge in [0.1, 0.15) is 11.4 Å². The zero-order chi connectivity index (χ0) is 15.3. The van der Waals surface area contributed by atoms with Crippen molar-refractivity contribution in [3.8, 4) is 6.07 Å². The Bertz CT molecular complexity index is 606. The van der Waals surface area contributed by atoms with E-state index in [1.54, 1.807) is 6.07 Å². The molecule has 0 aromatic heterocycles. The van der Waals surface area contributed by atoms with Crippen LogP contribution in [0.5, 0.6) is 0 Å². The smallest absolute Gasteiger partial charge is 0.123 e. The van der Waals surface area contributed by atoms with E-state index in [1.165, 1.54) is 12.1 Å². The fourth-order valence-corrected chi connectivity index (χ4v) is 4.09. The molecule has 0 spiro atoms. The van der Waals surface area contributed by atoms with Crippen LogP contribution < -0.4 is 0 Å². The summed E-state index contributed by atoms with van der Waals surface area (Å²) >= 11 is 0. The van der Waals surface area contributed by atoms with Crippen molar-refractivity contribution in [1.29, 1.82) is 5.26 Å². The second-order valence-corrected chi connectivity index (χ2v) is 7.52. The van der Waals surface area contributed by atoms with Crippen LogP contribution in [0.4, 0.5) is 4.39 Å². The zero-order valence-corrected chi connectivity index (χ0v) is 12.7. The van der Waals surface area contributed by atoms with Crippen LogP contribution in [0.1, 0.15) is 57.1 Å². The molecule has 0 radical (unpaired) electrons. The molecule has 0 bridgehead atoms. The SMILES string of the molecule is CC1(C)CCC(C#N)(C2(O)CCc3cc(F)ccc32)CC1. The Morgan fingerprint density at radius 3 is 2.43 bits per heavy atom. The molecule has 1 unspecified atom stereocenters. The number of fused-ring (bicyclic) bond motifs is 1. The molecule has 1 saturated carbocycles. The van der Waals surface area contributed by atoms with E-state index >= 15 is 0 Å². The first-order valence-corrected chi connectivity index (χ1v) is 7.75. The predicted molar refractivity (Wildman–Crippen MR) is 78.9 cm³/mol. The van der Waals surface area contributed by atoms with Gasteiger partial charge in [-0.05, 0) is 67.2 Å². The van der Waals surface area contributed by atoms with Gasteiger partial charge in [-0.2, -0.15) is 5.26 Å². The summed E-state index contributed by atoms with van der Waals surface area (Å²) in [5.74, 6) is -0.270. The van der Waals surface area contributed by atoms with E-state index in [9.17, 15) is 14.8 Å². The molecule has 3 rings (SSSR count). The van der Waals surface area contributed by atoms with Crippen LogP contribution in [0.3, 0.4) is 0 Å². The summed E-state index contributed by atoms with van der Waals surface area (Å²) in [6.07, 6.45) is 4.49. The monoisotopic (exact) mass is 287 g/mol. The van der Waals surface area contributed by atoms with E-state index in [-0.39, 0.29) is 11.2 Å². The van der Waals surface area contributed by atoms with Crippen LogP contribution in [0, 0.1) is 28.0 Å². The summed E-state index contributed by atoms with van der Waals surface area (Å²) in [6, 6.07) is 7.03. The van der Waals surface area contributed by atoms with Crippen LogP contribution >= 0.6 is 0 Å². The summed E-state index contributed by atoms with van der Waals surface area (Å²) in [5, 5.41) is 21.2. The Labute approximate surface area is 125 Å². The van der Waals surface area contributed by atoms with Gasteiger partial charge in [-0.1, -0.05) is 19.9 Å². The summed E-state index contributed by atoms with van der Waals surface area (Å²) in [5.41, 5.74) is 0.00972. The van der Waals surface area contributed by atoms with Gasteiger partial charge >= 0.3 is 0 Å². The number of halogens is 1. The Balaban J connectivity index is 2.02. The number of nitrogens with zero attached hydrogens (tertiary/aromatic N) is 1. The van der Waals surface area contributed by atoms with Crippen LogP contribution in [-0.2, 0) is 12.0 Å². The molecule has 1 aromatic carbocycles. The van der Waals surface area contributed by atoms with E-state index in [0.29, 0.717) is 25.7 Å². The number of nitriles is 1. The molecule has 112 valence electrons. The lowest BCUT2D eigenvalue weighted by atomic mass is 9.57. The van der Waals surface area contributed by atoms with E-state index < -0.39 is 11.0 Å². The summed E-state index contributed by atoms with van der Waals surface area (Å²) < 4.78 is 13.4. The molecule has 21 heavy (non-hydrogen) atoms. The van der Waals surface area contributed by atoms with Crippen molar-refractivity contribution in [2.75, 3.05) is 0 Å². The van der Waals surface area contributed by atoms with E-state index in [0.717, 1.165) is 24.0 Å². The molecule has 1 aromatic rings. The van der Waals surface area contributed by atoms with Crippen LogP contribution in [-0.4, -0.2) is 5.11 Å². The molecule has 3 heteroatoms. The Morgan fingerprint density at radius 1 is 1.14 bits per heavy atom. The van der Waals surface area contributed by atoms with Gasteiger partial charge in [0.05, 0.1) is 11.5 Å². The number of benzene rings is 1. The molecule has 2 aliphatic carbocycles. The first-order valence-electron chi connectivity index (χ1n) is 7.75. The lowest BCUT2D eigenvalue weighted by Gasteiger charge is -2.47. The molecule has 2 nitrogen and oxygen atoms in total. The van der Waals surface area contributed by atoms with Gasteiger partial charge in [0.15, 0.2) is 0 Å². The molecular formula is C18H22FNO. The van der Waals surface area contributed by atoms with Crippen molar-refractivity contribution in [3.63, 3.8) is 0 Å². The fraction of sp³-hybridized carbons (Fsp3) is 0.611. The predicted octanol–water partition coefficient (Wildman–Crippen LogP) is 4.07. The maximum atomic E-state index is 13.4. The second-order valence-electron chi connectivity index (χ2n) is 7.52. The minimum atomic E-state index is -1.12. The first-order chi connectivity index (χ1) is 9.82. The van der Waals surface area contributed by atoms with Crippen molar-refractivity contribution in [2.45, 2.75) is 58.0 Å². The maximum Gasteiger partial charge on any atom is 0.123 e. The highest BCUT2D eigenvalue weighted by molar-refractivity contribution is 5.41. The molecule has 0 aliphatic heterocycles. The van der Waals surface area contributed by atoms with Crippen molar-refractivity contribution in [3.05, 3.63) is 35.1 Å². The maximum absolute atomic E-state index is 13.4. The average Bonchev–Trinajstić information content (AvgIpc) is 2.78. The Morgan fingerprint density at radius 2 is 1.81 bits per heavy atom. The highest BCUT2D eigenvalue weighted by atomic mass is 19.1. The minimum absolute atomic E-state index is 0.237. The minimum Gasteiger partial charge on any atom is -0.383 e. The third kappa shape index (κ3) is 2.08. The molecule has 1 fully saturated rings. The largest absolute Gasteiger partial charge is 0.383 e. The van der Waals surface area contributed by atoms with Gasteiger partial charge in [-0.3, -0.25) is 0 Å². The van der Waals surface area contributed by atoms with Crippen molar-refractivity contribution < 1.29 is 9.50 Å². The number of hydrogen-bond acceptors (Lipinski definition) is 2. The Kier molecular flexibility index (Phi) is 3.15. The first kappa shape index (κ1) is 14.5. The summed E-state index contributed by atoms with van der Waals surface area (Å²) in [4.78, 5) is 0. The average molecular weight is 287 g/mol. The third-order valence-electron chi connectivity index (χ3n) is 5.73. The third-order valence-corrected chi connectivity index (χ3v) is 5.73. The zero-order valence-electron chi connectivity index (χ0n) is 12.7. The van der Waals surface area contributed by atoms with Gasteiger partial charge in [0, 0.05) is 0 Å². The van der Waals surface area contributed by atoms with Crippen LogP contribution in [0.25, 0.3) is 0 Å². The van der Waals surface area contributed by atoms with Crippen molar-refractivity contribution >= 4 is 0 Å². The molecule has 1 N–H and O–H groups in total. The highest BCUT2D eigenvalue weighted by Gasteiger charge is 2.56. The lowest BCUT2D eigenvalue weighted by molar-refractivity contribution is -0.0900. The quantitative estimate of drug-likeness (QED) is 0.846. The lowest BCUT2D eigenvalue weighted by Crippen LogP contribution is -2.47. The number of aryl methyl sites for hydroxylation is 1. The Hall–Kier alpha value is -1.40. The van der Waals surface area contributed by atoms with Gasteiger partial charge in [-0.25, -0.2) is 4.39 Å². The molecule has 0 heterocycles. The van der Waals surface area contributed by atoms with Gasteiger partial charge in [0.2, 0.25) is 0 Å². The molecule has 2 aliphatic rings. The normalized spacial score (nSPS) is 29.7. The summed E-state index contributed by atoms with van der Waals surface area (Å²) in [7, 11) is 0. The van der Waals surface area contributed by atoms with Gasteiger partial charge < -0.3 is 5.11 Å². The molecule has 0 amide bonds. The van der Waals surface area contributed by atoms with Crippen molar-refractivity contribution in [2.24, 2.45) is 10.8 Å². The van der Waals surface area contributed by atoms with E-state index in [4.69, 9.17) is 0 Å². The molecular weight excluding hydrogens is 265 g/mol. The molecule has 1 atom stereocenters. The van der Waals surface area contributed by atoms with Crippen LogP contribution in [0.2, 0.25) is 0 Å². The fourth-order valence-electron chi connectivity index (χ4n) is 4.09. The number of aliphatic hydroxyl groups is 1. The standard InChI is InChI=1S/C18H22FNO/c1-16(2)7-9-17(12-20,10-8-16)18(21)6-5-13-11-14(19)3-4-15(13)18/h3-4,11,21H,5-10H2,1-2H3. The highest BCUT2D eigenvalue weighted by Crippen LogP contribution is 2.57. The number of rotatable bonds is 1. The van der Waals surface area contributed by atoms with E-state index in [1.807, 2.05) is 0 Å². The van der Waals surface area contributed by atoms with E-state index in [2.05, 4.69) is 19.9 Å². The summed E-state index contributed by atoms with van der Waals surface area (Å²) in [6.45, 7) is 4.44. The topological polar surface area (TPSA) is 44.0 Å².